The van der Waals surface area contributed by atoms with Gasteiger partial charge < -0.3 is 10.0 Å². The summed E-state index contributed by atoms with van der Waals surface area (Å²) in [4.78, 5) is 14.5. The first kappa shape index (κ1) is 24.5. The van der Waals surface area contributed by atoms with Crippen molar-refractivity contribution >= 4 is 44.8 Å². The third-order valence-electron chi connectivity index (χ3n) is 5.95. The molecule has 9 heteroatoms. The first-order valence-corrected chi connectivity index (χ1v) is 13.0. The van der Waals surface area contributed by atoms with Crippen molar-refractivity contribution in [3.63, 3.8) is 0 Å². The van der Waals surface area contributed by atoms with Gasteiger partial charge in [0.15, 0.2) is 0 Å². The molecular formula is C25H24Cl2N2O4S. The van der Waals surface area contributed by atoms with Crippen LogP contribution in [-0.2, 0) is 16.4 Å². The zero-order valence-corrected chi connectivity index (χ0v) is 20.6. The molecule has 1 aliphatic rings. The van der Waals surface area contributed by atoms with Crippen molar-refractivity contribution in [1.82, 2.24) is 4.90 Å². The highest BCUT2D eigenvalue weighted by molar-refractivity contribution is 7.92. The van der Waals surface area contributed by atoms with Crippen molar-refractivity contribution in [2.24, 2.45) is 0 Å². The lowest BCUT2D eigenvalue weighted by Gasteiger charge is -2.38. The van der Waals surface area contributed by atoms with Gasteiger partial charge in [-0.3, -0.25) is 9.52 Å². The Bertz CT molecular complexity index is 1270. The number of aliphatic hydroxyl groups is 1. The Morgan fingerprint density at radius 2 is 1.59 bits per heavy atom. The van der Waals surface area contributed by atoms with Crippen LogP contribution in [0.5, 0.6) is 0 Å². The Morgan fingerprint density at radius 3 is 2.24 bits per heavy atom. The molecule has 3 aromatic carbocycles. The highest BCUT2D eigenvalue weighted by Crippen LogP contribution is 2.31. The number of benzene rings is 3. The van der Waals surface area contributed by atoms with Gasteiger partial charge in [0.05, 0.1) is 15.6 Å². The molecule has 0 spiro atoms. The molecule has 34 heavy (non-hydrogen) atoms. The summed E-state index contributed by atoms with van der Waals surface area (Å²) in [5.41, 5.74) is 0.976. The normalized spacial score (nSPS) is 15.7. The second-order valence-electron chi connectivity index (χ2n) is 8.41. The number of nitrogens with one attached hydrogen (secondary N) is 1. The molecule has 0 atom stereocenters. The summed E-state index contributed by atoms with van der Waals surface area (Å²) < 4.78 is 27.8. The summed E-state index contributed by atoms with van der Waals surface area (Å²) in [6.45, 7) is 0.896. The quantitative estimate of drug-likeness (QED) is 0.480. The Labute approximate surface area is 209 Å². The summed E-state index contributed by atoms with van der Waals surface area (Å²) in [6.07, 6.45) is 1.54. The number of rotatable bonds is 6. The number of sulfonamides is 1. The van der Waals surface area contributed by atoms with E-state index in [9.17, 15) is 18.3 Å². The summed E-state index contributed by atoms with van der Waals surface area (Å²) in [5, 5.41) is 11.0. The highest BCUT2D eigenvalue weighted by Gasteiger charge is 2.34. The molecule has 0 bridgehead atoms. The first-order valence-electron chi connectivity index (χ1n) is 10.8. The smallest absolute Gasteiger partial charge is 0.263 e. The van der Waals surface area contributed by atoms with Crippen molar-refractivity contribution in [2.75, 3.05) is 17.8 Å². The molecule has 2 N–H and O–H groups in total. The van der Waals surface area contributed by atoms with Crippen molar-refractivity contribution in [2.45, 2.75) is 29.8 Å². The molecule has 0 radical (unpaired) electrons. The minimum absolute atomic E-state index is 0.0548. The number of halogens is 2. The molecule has 0 aromatic heterocycles. The van der Waals surface area contributed by atoms with E-state index < -0.39 is 15.6 Å². The monoisotopic (exact) mass is 518 g/mol. The number of likely N-dealkylation sites (tertiary alicyclic amines) is 1. The van der Waals surface area contributed by atoms with Gasteiger partial charge in [-0.05, 0) is 54.8 Å². The molecule has 4 rings (SSSR count). The Balaban J connectivity index is 1.38. The zero-order chi connectivity index (χ0) is 24.3. The first-order chi connectivity index (χ1) is 16.2. The van der Waals surface area contributed by atoms with Crippen LogP contribution in [0.3, 0.4) is 0 Å². The maximum Gasteiger partial charge on any atom is 0.263 e. The number of carbonyl (C=O) groups excluding carboxylic acids is 1. The van der Waals surface area contributed by atoms with E-state index in [1.807, 2.05) is 30.3 Å². The molecule has 1 aliphatic heterocycles. The fourth-order valence-corrected chi connectivity index (χ4v) is 5.86. The van der Waals surface area contributed by atoms with Gasteiger partial charge in [-0.2, -0.15) is 0 Å². The maximum absolute atomic E-state index is 12.9. The zero-order valence-electron chi connectivity index (χ0n) is 18.2. The van der Waals surface area contributed by atoms with Crippen molar-refractivity contribution in [3.05, 3.63) is 94.0 Å². The van der Waals surface area contributed by atoms with Gasteiger partial charge in [-0.1, -0.05) is 59.6 Å². The van der Waals surface area contributed by atoms with Gasteiger partial charge in [0.1, 0.15) is 4.90 Å². The van der Waals surface area contributed by atoms with E-state index >= 15 is 0 Å². The molecular weight excluding hydrogens is 495 g/mol. The summed E-state index contributed by atoms with van der Waals surface area (Å²) in [5.74, 6) is -0.158. The molecule has 178 valence electrons. The highest BCUT2D eigenvalue weighted by atomic mass is 35.5. The van der Waals surface area contributed by atoms with Gasteiger partial charge in [0, 0.05) is 30.8 Å². The van der Waals surface area contributed by atoms with Gasteiger partial charge in [0.2, 0.25) is 0 Å². The second kappa shape index (κ2) is 9.96. The van der Waals surface area contributed by atoms with E-state index in [0.717, 1.165) is 5.56 Å². The molecule has 1 amide bonds. The lowest BCUT2D eigenvalue weighted by atomic mass is 9.85. The average molecular weight is 519 g/mol. The molecule has 0 aliphatic carbocycles. The van der Waals surface area contributed by atoms with Crippen LogP contribution < -0.4 is 4.72 Å². The van der Waals surface area contributed by atoms with Crippen LogP contribution in [0, 0.1) is 0 Å². The molecule has 1 fully saturated rings. The number of nitrogens with zero attached hydrogens (tertiary/aromatic N) is 1. The van der Waals surface area contributed by atoms with Crippen LogP contribution in [0.25, 0.3) is 0 Å². The van der Waals surface area contributed by atoms with E-state index in [1.54, 1.807) is 17.0 Å². The lowest BCUT2D eigenvalue weighted by Crippen LogP contribution is -2.47. The third-order valence-corrected chi connectivity index (χ3v) is 8.30. The van der Waals surface area contributed by atoms with Crippen LogP contribution in [0.4, 0.5) is 5.69 Å². The van der Waals surface area contributed by atoms with Gasteiger partial charge >= 0.3 is 0 Å². The number of piperidine rings is 1. The van der Waals surface area contributed by atoms with Crippen LogP contribution in [0.1, 0.15) is 28.8 Å². The summed E-state index contributed by atoms with van der Waals surface area (Å²) >= 11 is 12.0. The summed E-state index contributed by atoms with van der Waals surface area (Å²) in [7, 11) is -3.95. The minimum atomic E-state index is -3.95. The largest absolute Gasteiger partial charge is 0.389 e. The molecule has 0 saturated carbocycles. The fraction of sp³-hybridized carbons (Fsp3) is 0.240. The van der Waals surface area contributed by atoms with Crippen LogP contribution in [0.2, 0.25) is 10.0 Å². The molecule has 3 aromatic rings. The average Bonchev–Trinajstić information content (AvgIpc) is 2.81. The predicted octanol–water partition coefficient (Wildman–Crippen LogP) is 5.00. The number of carbonyl (C=O) groups is 1. The van der Waals surface area contributed by atoms with E-state index in [0.29, 0.717) is 43.6 Å². The Kier molecular flexibility index (Phi) is 7.19. The van der Waals surface area contributed by atoms with Crippen LogP contribution >= 0.6 is 23.2 Å². The van der Waals surface area contributed by atoms with Crippen LogP contribution in [-0.4, -0.2) is 43.0 Å². The second-order valence-corrected chi connectivity index (χ2v) is 10.8. The molecule has 6 nitrogen and oxygen atoms in total. The van der Waals surface area contributed by atoms with Gasteiger partial charge in [0.25, 0.3) is 15.9 Å². The van der Waals surface area contributed by atoms with Crippen molar-refractivity contribution < 1.29 is 18.3 Å². The Hall–Kier alpha value is -2.58. The predicted molar refractivity (Wildman–Crippen MR) is 134 cm³/mol. The molecule has 1 heterocycles. The van der Waals surface area contributed by atoms with Gasteiger partial charge in [-0.25, -0.2) is 8.42 Å². The molecule has 1 saturated heterocycles. The van der Waals surface area contributed by atoms with Crippen molar-refractivity contribution in [1.29, 1.82) is 0 Å². The van der Waals surface area contributed by atoms with E-state index in [2.05, 4.69) is 4.72 Å². The lowest BCUT2D eigenvalue weighted by molar-refractivity contribution is -0.0162. The third kappa shape index (κ3) is 5.55. The Morgan fingerprint density at radius 1 is 0.941 bits per heavy atom. The van der Waals surface area contributed by atoms with E-state index in [1.165, 1.54) is 30.3 Å². The summed E-state index contributed by atoms with van der Waals surface area (Å²) in [6, 6.07) is 20.4. The maximum atomic E-state index is 12.9. The minimum Gasteiger partial charge on any atom is -0.389 e. The van der Waals surface area contributed by atoms with E-state index in [-0.39, 0.29) is 20.8 Å². The fourth-order valence-electron chi connectivity index (χ4n) is 4.04. The number of hydrogen-bond donors (Lipinski definition) is 2. The topological polar surface area (TPSA) is 86.7 Å². The van der Waals surface area contributed by atoms with Gasteiger partial charge in [-0.15, -0.1) is 0 Å². The SMILES string of the molecule is O=C(c1ccc(NS(=O)(=O)c2cccc(Cl)c2Cl)cc1)N1CCC(O)(Cc2ccccc2)CC1. The number of hydrogen-bond acceptors (Lipinski definition) is 4. The molecule has 0 unspecified atom stereocenters. The number of anilines is 1. The van der Waals surface area contributed by atoms with E-state index in [4.69, 9.17) is 23.2 Å². The standard InChI is InChI=1S/C25H24Cl2N2O4S/c26-21-7-4-8-22(23(21)27)34(32,33)28-20-11-9-19(10-12-20)24(30)29-15-13-25(31,14-16-29)17-18-5-2-1-3-6-18/h1-12,28,31H,13-17H2. The number of amides is 1. The van der Waals surface area contributed by atoms with Crippen LogP contribution in [0.15, 0.2) is 77.7 Å². The van der Waals surface area contributed by atoms with Crippen molar-refractivity contribution in [3.8, 4) is 0 Å².